The van der Waals surface area contributed by atoms with Crippen molar-refractivity contribution in [3.8, 4) is 5.75 Å². The molecule has 0 saturated carbocycles. The second-order valence-electron chi connectivity index (χ2n) is 6.27. The Balaban J connectivity index is 1.51. The van der Waals surface area contributed by atoms with Crippen molar-refractivity contribution >= 4 is 17.4 Å². The van der Waals surface area contributed by atoms with Crippen LogP contribution in [-0.4, -0.2) is 58.7 Å². The van der Waals surface area contributed by atoms with E-state index in [1.807, 2.05) is 39.7 Å². The number of carbonyl (C=O) groups excluding carboxylic acids is 1. The van der Waals surface area contributed by atoms with Crippen molar-refractivity contribution in [1.29, 1.82) is 0 Å². The number of hydrogen-bond acceptors (Lipinski definition) is 5. The molecule has 0 unspecified atom stereocenters. The molecule has 134 valence electrons. The van der Waals surface area contributed by atoms with E-state index in [4.69, 9.17) is 4.74 Å². The highest BCUT2D eigenvalue weighted by atomic mass is 16.5. The van der Waals surface area contributed by atoms with Crippen molar-refractivity contribution in [2.45, 2.75) is 6.42 Å². The van der Waals surface area contributed by atoms with Gasteiger partial charge in [-0.05, 0) is 30.7 Å². The number of ether oxygens (including phenoxy) is 1. The Morgan fingerprint density at radius 3 is 2.88 bits per heavy atom. The Bertz CT molecular complexity index is 923. The normalized spacial score (nSPS) is 15.1. The van der Waals surface area contributed by atoms with Gasteiger partial charge in [0.25, 0.3) is 5.91 Å². The number of benzene rings is 1. The van der Waals surface area contributed by atoms with Crippen LogP contribution in [0.25, 0.3) is 5.65 Å². The minimum absolute atomic E-state index is 0.0460. The molecule has 3 heterocycles. The van der Waals surface area contributed by atoms with Crippen LogP contribution in [0.4, 0.5) is 5.82 Å². The summed E-state index contributed by atoms with van der Waals surface area (Å²) in [5.41, 5.74) is 1.49. The summed E-state index contributed by atoms with van der Waals surface area (Å²) in [7, 11) is 1.61. The predicted molar refractivity (Wildman–Crippen MR) is 98.7 cm³/mol. The van der Waals surface area contributed by atoms with Crippen LogP contribution in [-0.2, 0) is 0 Å². The van der Waals surface area contributed by atoms with Crippen LogP contribution in [0.15, 0.2) is 48.8 Å². The summed E-state index contributed by atoms with van der Waals surface area (Å²) in [6.07, 6.45) is 4.46. The van der Waals surface area contributed by atoms with Crippen LogP contribution in [0.2, 0.25) is 0 Å². The minimum atomic E-state index is 0.0460. The second kappa shape index (κ2) is 7.03. The van der Waals surface area contributed by atoms with Crippen molar-refractivity contribution in [3.63, 3.8) is 0 Å². The van der Waals surface area contributed by atoms with Crippen molar-refractivity contribution in [2.24, 2.45) is 0 Å². The molecular weight excluding hydrogens is 330 g/mol. The third kappa shape index (κ3) is 3.08. The van der Waals surface area contributed by atoms with Gasteiger partial charge in [0.1, 0.15) is 11.6 Å². The van der Waals surface area contributed by atoms with Gasteiger partial charge in [0.05, 0.1) is 13.3 Å². The van der Waals surface area contributed by atoms with Crippen LogP contribution < -0.4 is 9.64 Å². The fourth-order valence-corrected chi connectivity index (χ4v) is 3.35. The molecule has 0 radical (unpaired) electrons. The number of rotatable bonds is 3. The number of fused-ring (bicyclic) bond motifs is 1. The number of nitrogens with zero attached hydrogens (tertiary/aromatic N) is 5. The Kier molecular flexibility index (Phi) is 4.43. The number of aromatic nitrogens is 3. The average molecular weight is 351 g/mol. The maximum atomic E-state index is 12.9. The molecular formula is C19H21N5O2. The van der Waals surface area contributed by atoms with E-state index in [1.54, 1.807) is 25.6 Å². The van der Waals surface area contributed by atoms with E-state index < -0.39 is 0 Å². The molecule has 1 fully saturated rings. The molecule has 0 atom stereocenters. The van der Waals surface area contributed by atoms with E-state index in [2.05, 4.69) is 15.0 Å². The Morgan fingerprint density at radius 1 is 1.08 bits per heavy atom. The van der Waals surface area contributed by atoms with Gasteiger partial charge in [0.2, 0.25) is 0 Å². The summed E-state index contributed by atoms with van der Waals surface area (Å²) >= 11 is 0. The maximum Gasteiger partial charge on any atom is 0.254 e. The predicted octanol–water partition coefficient (Wildman–Crippen LogP) is 2.09. The summed E-state index contributed by atoms with van der Waals surface area (Å²) in [5, 5.41) is 4.36. The molecule has 2 aromatic heterocycles. The van der Waals surface area contributed by atoms with Crippen LogP contribution in [0.3, 0.4) is 0 Å². The summed E-state index contributed by atoms with van der Waals surface area (Å²) in [6.45, 7) is 3.04. The molecule has 4 rings (SSSR count). The molecule has 0 bridgehead atoms. The minimum Gasteiger partial charge on any atom is -0.497 e. The van der Waals surface area contributed by atoms with E-state index in [0.29, 0.717) is 17.9 Å². The SMILES string of the molecule is COc1cccc(C(=O)N2CCCN(c3ccnc4ccnn34)CC2)c1. The lowest BCUT2D eigenvalue weighted by molar-refractivity contribution is 0.0766. The third-order valence-electron chi connectivity index (χ3n) is 4.69. The molecule has 1 amide bonds. The van der Waals surface area contributed by atoms with Gasteiger partial charge in [-0.1, -0.05) is 6.07 Å². The number of hydrogen-bond donors (Lipinski definition) is 0. The summed E-state index contributed by atoms with van der Waals surface area (Å²) in [4.78, 5) is 21.4. The average Bonchev–Trinajstić information content (AvgIpc) is 3.04. The number of anilines is 1. The largest absolute Gasteiger partial charge is 0.497 e. The quantitative estimate of drug-likeness (QED) is 0.723. The monoisotopic (exact) mass is 351 g/mol. The lowest BCUT2D eigenvalue weighted by Gasteiger charge is -2.24. The van der Waals surface area contributed by atoms with Crippen molar-refractivity contribution < 1.29 is 9.53 Å². The molecule has 7 heteroatoms. The molecule has 0 spiro atoms. The standard InChI is InChI=1S/C19H21N5O2/c1-26-16-5-2-4-15(14-16)19(25)23-11-3-10-22(12-13-23)18-7-8-20-17-6-9-21-24(17)18/h2,4-9,14H,3,10-13H2,1H3. The highest BCUT2D eigenvalue weighted by Crippen LogP contribution is 2.19. The highest BCUT2D eigenvalue weighted by Gasteiger charge is 2.22. The van der Waals surface area contributed by atoms with Crippen LogP contribution in [0.1, 0.15) is 16.8 Å². The topological polar surface area (TPSA) is 63.0 Å². The fraction of sp³-hybridized carbons (Fsp3) is 0.316. The first-order valence-corrected chi connectivity index (χ1v) is 8.73. The Hall–Kier alpha value is -3.09. The van der Waals surface area contributed by atoms with Gasteiger partial charge < -0.3 is 14.5 Å². The zero-order chi connectivity index (χ0) is 17.9. The molecule has 1 aliphatic heterocycles. The molecule has 1 aromatic carbocycles. The van der Waals surface area contributed by atoms with E-state index in [0.717, 1.165) is 37.5 Å². The van der Waals surface area contributed by atoms with Crippen LogP contribution >= 0.6 is 0 Å². The molecule has 3 aromatic rings. The first-order valence-electron chi connectivity index (χ1n) is 8.73. The summed E-state index contributed by atoms with van der Waals surface area (Å²) in [6, 6.07) is 11.2. The zero-order valence-electron chi connectivity index (χ0n) is 14.7. The van der Waals surface area contributed by atoms with E-state index >= 15 is 0 Å². The van der Waals surface area contributed by atoms with Gasteiger partial charge in [-0.2, -0.15) is 9.61 Å². The van der Waals surface area contributed by atoms with Gasteiger partial charge in [-0.25, -0.2) is 4.98 Å². The highest BCUT2D eigenvalue weighted by molar-refractivity contribution is 5.94. The summed E-state index contributed by atoms with van der Waals surface area (Å²) < 4.78 is 7.08. The van der Waals surface area contributed by atoms with Gasteiger partial charge in [0, 0.05) is 44.0 Å². The summed E-state index contributed by atoms with van der Waals surface area (Å²) in [5.74, 6) is 1.76. The molecule has 0 N–H and O–H groups in total. The molecule has 7 nitrogen and oxygen atoms in total. The fourth-order valence-electron chi connectivity index (χ4n) is 3.35. The van der Waals surface area contributed by atoms with Gasteiger partial charge in [0.15, 0.2) is 5.65 Å². The van der Waals surface area contributed by atoms with Crippen molar-refractivity contribution in [1.82, 2.24) is 19.5 Å². The van der Waals surface area contributed by atoms with Crippen molar-refractivity contribution in [2.75, 3.05) is 38.2 Å². The smallest absolute Gasteiger partial charge is 0.254 e. The zero-order valence-corrected chi connectivity index (χ0v) is 14.7. The van der Waals surface area contributed by atoms with Gasteiger partial charge >= 0.3 is 0 Å². The lowest BCUT2D eigenvalue weighted by atomic mass is 10.2. The number of carbonyl (C=O) groups is 1. The van der Waals surface area contributed by atoms with E-state index in [1.165, 1.54) is 0 Å². The Labute approximate surface area is 151 Å². The molecule has 1 saturated heterocycles. The first kappa shape index (κ1) is 16.4. The second-order valence-corrected chi connectivity index (χ2v) is 6.27. The Morgan fingerprint density at radius 2 is 2.00 bits per heavy atom. The van der Waals surface area contributed by atoms with Crippen molar-refractivity contribution in [3.05, 3.63) is 54.4 Å². The first-order chi connectivity index (χ1) is 12.8. The lowest BCUT2D eigenvalue weighted by Crippen LogP contribution is -2.35. The van der Waals surface area contributed by atoms with Gasteiger partial charge in [-0.3, -0.25) is 4.79 Å². The van der Waals surface area contributed by atoms with Crippen LogP contribution in [0.5, 0.6) is 5.75 Å². The van der Waals surface area contributed by atoms with Gasteiger partial charge in [-0.15, -0.1) is 0 Å². The molecule has 1 aliphatic rings. The maximum absolute atomic E-state index is 12.9. The van der Waals surface area contributed by atoms with E-state index in [9.17, 15) is 4.79 Å². The number of methoxy groups -OCH3 is 1. The van der Waals surface area contributed by atoms with Crippen LogP contribution in [0, 0.1) is 0 Å². The third-order valence-corrected chi connectivity index (χ3v) is 4.69. The molecule has 0 aliphatic carbocycles. The number of amides is 1. The van der Waals surface area contributed by atoms with E-state index in [-0.39, 0.29) is 5.91 Å². The molecule has 26 heavy (non-hydrogen) atoms.